The summed E-state index contributed by atoms with van der Waals surface area (Å²) in [6.07, 6.45) is 0. The lowest BCUT2D eigenvalue weighted by atomic mass is 10.1. The third-order valence-corrected chi connectivity index (χ3v) is 2.93. The highest BCUT2D eigenvalue weighted by Gasteiger charge is 1.84. The van der Waals surface area contributed by atoms with Crippen molar-refractivity contribution in [1.82, 2.24) is 0 Å². The van der Waals surface area contributed by atoms with Gasteiger partial charge in [-0.05, 0) is 55.0 Å². The summed E-state index contributed by atoms with van der Waals surface area (Å²) in [6, 6.07) is 16.7. The average molecular weight is 290 g/mol. The van der Waals surface area contributed by atoms with Gasteiger partial charge in [0.15, 0.2) is 0 Å². The van der Waals surface area contributed by atoms with E-state index in [0.717, 1.165) is 0 Å². The Morgan fingerprint density at radius 2 is 1.05 bits per heavy atom. The molecule has 2 aromatic rings. The van der Waals surface area contributed by atoms with Crippen molar-refractivity contribution < 1.29 is 20.0 Å². The zero-order valence-corrected chi connectivity index (χ0v) is 12.9. The number of aryl methyl sites for hydroxylation is 4. The Morgan fingerprint density at radius 1 is 0.762 bits per heavy atom. The summed E-state index contributed by atoms with van der Waals surface area (Å²) in [4.78, 5) is 12.1. The van der Waals surface area contributed by atoms with E-state index < -0.39 is 0 Å². The Kier molecular flexibility index (Phi) is 10.4. The van der Waals surface area contributed by atoms with Gasteiger partial charge in [-0.25, -0.2) is 5.26 Å². The first kappa shape index (κ1) is 18.8. The van der Waals surface area contributed by atoms with Crippen LogP contribution in [0.5, 0.6) is 0 Å². The molecule has 0 aliphatic rings. The zero-order chi connectivity index (χ0) is 16.1. The first-order valence-electron chi connectivity index (χ1n) is 6.48. The maximum atomic E-state index is 8.90. The number of carbonyl (C=O) groups is 1. The smallest absolute Gasteiger partial charge is 0.272 e. The Hall–Kier alpha value is -2.17. The van der Waals surface area contributed by atoms with Crippen molar-refractivity contribution in [3.05, 3.63) is 70.8 Å². The minimum absolute atomic E-state index is 0.0417. The molecule has 0 atom stereocenters. The maximum Gasteiger partial charge on any atom is 0.334 e. The standard InChI is InChI=1S/2C8H10.CH2O4/c2*1-7-5-3-4-6-8(7)2;2-1-4-5-3/h2*3-6H,1-2H3;1,3H. The number of benzene rings is 2. The van der Waals surface area contributed by atoms with E-state index in [4.69, 9.17) is 10.1 Å². The fourth-order valence-corrected chi connectivity index (χ4v) is 1.34. The molecule has 4 nitrogen and oxygen atoms in total. The van der Waals surface area contributed by atoms with Gasteiger partial charge in [-0.1, -0.05) is 48.5 Å². The second-order valence-electron chi connectivity index (χ2n) is 4.44. The summed E-state index contributed by atoms with van der Waals surface area (Å²) in [7, 11) is 0. The van der Waals surface area contributed by atoms with E-state index in [1.807, 2.05) is 0 Å². The zero-order valence-electron chi connectivity index (χ0n) is 12.9. The second kappa shape index (κ2) is 11.6. The summed E-state index contributed by atoms with van der Waals surface area (Å²) < 4.78 is 0. The van der Waals surface area contributed by atoms with Crippen LogP contribution in [0.15, 0.2) is 48.5 Å². The Morgan fingerprint density at radius 3 is 1.14 bits per heavy atom. The third-order valence-electron chi connectivity index (χ3n) is 2.93. The molecule has 0 aliphatic carbocycles. The van der Waals surface area contributed by atoms with E-state index >= 15 is 0 Å². The van der Waals surface area contributed by atoms with Gasteiger partial charge in [-0.2, -0.15) is 0 Å². The van der Waals surface area contributed by atoms with E-state index in [9.17, 15) is 0 Å². The molecule has 21 heavy (non-hydrogen) atoms. The van der Waals surface area contributed by atoms with Crippen LogP contribution in [0.3, 0.4) is 0 Å². The van der Waals surface area contributed by atoms with Gasteiger partial charge in [0.05, 0.1) is 0 Å². The molecule has 2 rings (SSSR count). The quantitative estimate of drug-likeness (QED) is 0.512. The van der Waals surface area contributed by atoms with Crippen molar-refractivity contribution >= 4 is 6.47 Å². The Balaban J connectivity index is 0.000000296. The molecule has 0 amide bonds. The molecule has 0 fully saturated rings. The summed E-state index contributed by atoms with van der Waals surface area (Å²) >= 11 is 0. The molecule has 2 aromatic carbocycles. The summed E-state index contributed by atoms with van der Waals surface area (Å²) in [5, 5.41) is 9.94. The normalized spacial score (nSPS) is 8.62. The minimum Gasteiger partial charge on any atom is -0.272 e. The van der Waals surface area contributed by atoms with Crippen LogP contribution in [0.1, 0.15) is 22.3 Å². The van der Waals surface area contributed by atoms with Crippen molar-refractivity contribution in [2.24, 2.45) is 0 Å². The molecule has 0 radical (unpaired) electrons. The highest BCUT2D eigenvalue weighted by atomic mass is 17.5. The van der Waals surface area contributed by atoms with Gasteiger partial charge in [0.2, 0.25) is 0 Å². The first-order valence-corrected chi connectivity index (χ1v) is 6.48. The Bertz CT molecular complexity index is 438. The lowest BCUT2D eigenvalue weighted by Crippen LogP contribution is -1.81. The van der Waals surface area contributed by atoms with Crippen molar-refractivity contribution in [3.63, 3.8) is 0 Å². The van der Waals surface area contributed by atoms with Crippen molar-refractivity contribution in [1.29, 1.82) is 0 Å². The van der Waals surface area contributed by atoms with Crippen LogP contribution in [0.25, 0.3) is 0 Å². The Labute approximate surface area is 125 Å². The topological polar surface area (TPSA) is 55.8 Å². The second-order valence-corrected chi connectivity index (χ2v) is 4.44. The van der Waals surface area contributed by atoms with Crippen LogP contribution < -0.4 is 0 Å². The van der Waals surface area contributed by atoms with Crippen molar-refractivity contribution in [3.8, 4) is 0 Å². The predicted molar refractivity (Wildman–Crippen MR) is 82.7 cm³/mol. The van der Waals surface area contributed by atoms with Gasteiger partial charge >= 0.3 is 6.47 Å². The molecule has 0 aromatic heterocycles. The molecule has 0 heterocycles. The predicted octanol–water partition coefficient (Wildman–Crippen LogP) is 4.17. The minimum atomic E-state index is -0.0417. The lowest BCUT2D eigenvalue weighted by molar-refractivity contribution is -0.456. The summed E-state index contributed by atoms with van der Waals surface area (Å²) in [5.74, 6) is 0. The molecule has 0 bridgehead atoms. The van der Waals surface area contributed by atoms with Gasteiger partial charge in [-0.15, -0.1) is 0 Å². The van der Waals surface area contributed by atoms with E-state index in [-0.39, 0.29) is 6.47 Å². The third kappa shape index (κ3) is 9.38. The summed E-state index contributed by atoms with van der Waals surface area (Å²) in [5.41, 5.74) is 5.47. The molecular weight excluding hydrogens is 268 g/mol. The maximum absolute atomic E-state index is 8.90. The van der Waals surface area contributed by atoms with Crippen LogP contribution in [-0.2, 0) is 14.7 Å². The van der Waals surface area contributed by atoms with Crippen molar-refractivity contribution in [2.75, 3.05) is 0 Å². The van der Waals surface area contributed by atoms with Crippen LogP contribution >= 0.6 is 0 Å². The SMILES string of the molecule is Cc1ccccc1C.Cc1ccccc1C.O=COOO. The fourth-order valence-electron chi connectivity index (χ4n) is 1.34. The molecule has 0 spiro atoms. The molecule has 1 N–H and O–H groups in total. The number of hydrogen-bond donors (Lipinski definition) is 1. The molecule has 114 valence electrons. The largest absolute Gasteiger partial charge is 0.334 e. The molecule has 0 saturated carbocycles. The monoisotopic (exact) mass is 290 g/mol. The molecule has 0 saturated heterocycles. The van der Waals surface area contributed by atoms with Crippen LogP contribution in [-0.4, -0.2) is 11.7 Å². The van der Waals surface area contributed by atoms with E-state index in [1.165, 1.54) is 22.3 Å². The van der Waals surface area contributed by atoms with Gasteiger partial charge in [0, 0.05) is 0 Å². The van der Waals surface area contributed by atoms with Crippen LogP contribution in [0.2, 0.25) is 0 Å². The van der Waals surface area contributed by atoms with Crippen molar-refractivity contribution in [2.45, 2.75) is 27.7 Å². The number of carbonyl (C=O) groups excluding carboxylic acids is 1. The van der Waals surface area contributed by atoms with Gasteiger partial charge in [0.1, 0.15) is 0 Å². The van der Waals surface area contributed by atoms with E-state index in [2.05, 4.69) is 86.2 Å². The molecular formula is C17H22O4. The van der Waals surface area contributed by atoms with Crippen LogP contribution in [0, 0.1) is 27.7 Å². The molecule has 4 heteroatoms. The first-order chi connectivity index (χ1) is 10.0. The van der Waals surface area contributed by atoms with Crippen LogP contribution in [0.4, 0.5) is 0 Å². The van der Waals surface area contributed by atoms with E-state index in [1.54, 1.807) is 0 Å². The van der Waals surface area contributed by atoms with Gasteiger partial charge < -0.3 is 0 Å². The molecule has 0 unspecified atom stereocenters. The average Bonchev–Trinajstić information content (AvgIpc) is 2.48. The number of hydrogen-bond acceptors (Lipinski definition) is 4. The lowest BCUT2D eigenvalue weighted by Gasteiger charge is -1.93. The highest BCUT2D eigenvalue weighted by molar-refractivity contribution is 5.35. The highest BCUT2D eigenvalue weighted by Crippen LogP contribution is 2.03. The van der Waals surface area contributed by atoms with Gasteiger partial charge in [0.25, 0.3) is 0 Å². The van der Waals surface area contributed by atoms with E-state index in [0.29, 0.717) is 0 Å². The fraction of sp³-hybridized carbons (Fsp3) is 0.235. The number of rotatable bonds is 2. The summed E-state index contributed by atoms with van der Waals surface area (Å²) in [6.45, 7) is 8.44. The molecule has 0 aliphatic heterocycles. The van der Waals surface area contributed by atoms with Gasteiger partial charge in [-0.3, -0.25) is 9.68 Å².